The summed E-state index contributed by atoms with van der Waals surface area (Å²) in [7, 11) is 0. The predicted octanol–water partition coefficient (Wildman–Crippen LogP) is 10.2. The Labute approximate surface area is 353 Å². The molecule has 7 aromatic heterocycles. The zero-order chi connectivity index (χ0) is 41.7. The lowest BCUT2D eigenvalue weighted by Gasteiger charge is -2.18. The number of benzene rings is 3. The van der Waals surface area contributed by atoms with Gasteiger partial charge in [-0.05, 0) is 51.1 Å². The Bertz CT molecular complexity index is 3590. The van der Waals surface area contributed by atoms with Gasteiger partial charge in [0.05, 0.1) is 0 Å². The van der Waals surface area contributed by atoms with E-state index in [9.17, 15) is 0 Å². The Morgan fingerprint density at radius 3 is 0.750 bits per heavy atom. The Kier molecular flexibility index (Phi) is 8.64. The van der Waals surface area contributed by atoms with Crippen LogP contribution in [0.2, 0.25) is 0 Å². The summed E-state index contributed by atoms with van der Waals surface area (Å²) in [5.74, 6) is 0. The van der Waals surface area contributed by atoms with Crippen LogP contribution >= 0.6 is 34.0 Å². The molecule has 10 aromatic rings. The highest BCUT2D eigenvalue weighted by Gasteiger charge is 2.19. The largest absolute Gasteiger partial charge is 0.324 e. The van der Waals surface area contributed by atoms with E-state index in [0.29, 0.717) is 63.6 Å². The molecule has 0 unspecified atom stereocenters. The molecule has 7 heterocycles. The lowest BCUT2D eigenvalue weighted by Crippen LogP contribution is -2.10. The lowest BCUT2D eigenvalue weighted by atomic mass is 9.86. The van der Waals surface area contributed by atoms with Gasteiger partial charge in [-0.3, -0.25) is 0 Å². The van der Waals surface area contributed by atoms with Crippen LogP contribution < -0.4 is 0 Å². The van der Waals surface area contributed by atoms with Crippen molar-refractivity contribution in [1.82, 2.24) is 75.4 Å². The fourth-order valence-corrected chi connectivity index (χ4v) is 8.78. The van der Waals surface area contributed by atoms with Gasteiger partial charge in [-0.1, -0.05) is 133 Å². The van der Waals surface area contributed by atoms with E-state index in [0.717, 1.165) is 49.0 Å². The molecule has 0 aliphatic rings. The predicted molar refractivity (Wildman–Crippen MR) is 243 cm³/mol. The summed E-state index contributed by atoms with van der Waals surface area (Å²) < 4.78 is 0. The van der Waals surface area contributed by atoms with E-state index in [1.165, 1.54) is 34.0 Å². The minimum Gasteiger partial charge on any atom is -0.324 e. The summed E-state index contributed by atoms with van der Waals surface area (Å²) >= 11 is 3.83. The zero-order valence-corrected chi connectivity index (χ0v) is 36.7. The highest BCUT2D eigenvalue weighted by atomic mass is 32.1. The van der Waals surface area contributed by atoms with Crippen molar-refractivity contribution in [1.29, 1.82) is 0 Å². The number of rotatable bonds is 0. The fourth-order valence-electron chi connectivity index (χ4n) is 6.98. The normalized spacial score (nSPS) is 12.8. The SMILES string of the molecule is CC(C)(C)c1ccc2c3nc4nnc(nc5[nH]c(nc6nnc(nc7[nH]c(nc8nnc(nc([nH]3)c2c1)s8)c1ccc(C(C)(C)C)cc71)s6)c1cc(C(C)(C)C)ccc51)s4. The van der Waals surface area contributed by atoms with Gasteiger partial charge in [0.1, 0.15) is 33.9 Å². The van der Waals surface area contributed by atoms with Crippen molar-refractivity contribution in [2.24, 2.45) is 0 Å². The van der Waals surface area contributed by atoms with Crippen molar-refractivity contribution >= 4 is 130 Å². The van der Waals surface area contributed by atoms with Gasteiger partial charge in [0.25, 0.3) is 0 Å². The molecule has 0 radical (unpaired) electrons. The topological polar surface area (TPSA) is 202 Å². The molecule has 0 aliphatic carbocycles. The van der Waals surface area contributed by atoms with Gasteiger partial charge in [-0.25, -0.2) is 0 Å². The smallest absolute Gasteiger partial charge is 0.235 e. The lowest BCUT2D eigenvalue weighted by molar-refractivity contribution is 0.591. The van der Waals surface area contributed by atoms with Crippen molar-refractivity contribution < 1.29 is 0 Å². The van der Waals surface area contributed by atoms with Crippen molar-refractivity contribution in [2.75, 3.05) is 0 Å². The number of nitrogens with one attached hydrogen (secondary N) is 3. The summed E-state index contributed by atoms with van der Waals surface area (Å²) in [5, 5.41) is 31.9. The first-order chi connectivity index (χ1) is 28.5. The molecule has 10 rings (SSSR count). The molecule has 60 heavy (non-hydrogen) atoms. The number of aromatic nitrogens is 15. The average Bonchev–Trinajstić information content (AvgIpc) is 4.05. The van der Waals surface area contributed by atoms with Gasteiger partial charge >= 0.3 is 0 Å². The summed E-state index contributed by atoms with van der Waals surface area (Å²) in [4.78, 5) is 42.6. The molecular weight excluding hydrogens is 811 g/mol. The minimum atomic E-state index is -0.0954. The monoisotopic (exact) mass is 849 g/mol. The van der Waals surface area contributed by atoms with Gasteiger partial charge in [-0.15, -0.1) is 30.6 Å². The highest BCUT2D eigenvalue weighted by molar-refractivity contribution is 7.22. The summed E-state index contributed by atoms with van der Waals surface area (Å²) in [6.07, 6.45) is 0. The Morgan fingerprint density at radius 2 is 0.533 bits per heavy atom. The third-order valence-corrected chi connectivity index (χ3v) is 12.5. The molecule has 18 heteroatoms. The molecule has 12 bridgehead atoms. The first-order valence-corrected chi connectivity index (χ1v) is 21.8. The summed E-state index contributed by atoms with van der Waals surface area (Å²) in [6, 6.07) is 19.0. The first kappa shape index (κ1) is 38.0. The number of aromatic amines is 3. The van der Waals surface area contributed by atoms with E-state index in [4.69, 9.17) is 29.9 Å². The van der Waals surface area contributed by atoms with E-state index in [2.05, 4.69) is 162 Å². The average molecular weight is 850 g/mol. The third kappa shape index (κ3) is 7.03. The van der Waals surface area contributed by atoms with Crippen molar-refractivity contribution in [3.05, 3.63) is 71.3 Å². The Morgan fingerprint density at radius 1 is 0.317 bits per heavy atom. The highest BCUT2D eigenvalue weighted by Crippen LogP contribution is 2.33. The standard InChI is InChI=1S/C42H39N15S3/c1-40(2,3)19-10-13-22-25(16-19)31-43-28(22)46-34-52-53-35(58-34)47-29-23-14-11-20(41(4,5)6)17-26(23)32(44-29)50-38-56-57-39(60-38)51-33-27-18-21(42(7,8)9)12-15-24(27)30(45-33)48-36-54-55-37(49-31)59-36/h10-18H,1-9H3,(H,43,46,49,52,55)(H,44,47,50,53,56)(H,45,48,51,54,57). The van der Waals surface area contributed by atoms with E-state index in [1.807, 2.05) is 0 Å². The number of hydrogen-bond donors (Lipinski definition) is 3. The molecule has 0 spiro atoms. The Hall–Kier alpha value is -6.24. The van der Waals surface area contributed by atoms with E-state index in [1.54, 1.807) is 0 Å². The molecular formula is C42H39N15S3. The van der Waals surface area contributed by atoms with Crippen LogP contribution in [-0.2, 0) is 16.2 Å². The molecule has 0 atom stereocenters. The third-order valence-electron chi connectivity index (χ3n) is 10.4. The Balaban J connectivity index is 1.31. The first-order valence-electron chi connectivity index (χ1n) is 19.3. The molecule has 0 amide bonds. The number of H-pyrrole nitrogens is 3. The van der Waals surface area contributed by atoms with Crippen LogP contribution in [0.15, 0.2) is 54.6 Å². The van der Waals surface area contributed by atoms with Crippen LogP contribution in [0.1, 0.15) is 79.0 Å². The van der Waals surface area contributed by atoms with Crippen LogP contribution in [0.4, 0.5) is 0 Å². The maximum atomic E-state index is 4.97. The van der Waals surface area contributed by atoms with Gasteiger partial charge in [-0.2, -0.15) is 29.9 Å². The maximum Gasteiger partial charge on any atom is 0.235 e. The molecule has 0 aliphatic heterocycles. The van der Waals surface area contributed by atoms with Gasteiger partial charge < -0.3 is 15.0 Å². The van der Waals surface area contributed by atoms with Gasteiger partial charge in [0, 0.05) is 32.3 Å². The number of nitrogens with zero attached hydrogens (tertiary/aromatic N) is 12. The molecule has 300 valence electrons. The number of fused-ring (bicyclic) bond motifs is 21. The second kappa shape index (κ2) is 13.7. The van der Waals surface area contributed by atoms with Crippen LogP contribution in [-0.4, -0.2) is 75.4 Å². The molecule has 0 saturated heterocycles. The second-order valence-electron chi connectivity index (χ2n) is 17.8. The van der Waals surface area contributed by atoms with Crippen LogP contribution in [0.5, 0.6) is 0 Å². The molecule has 0 saturated carbocycles. The van der Waals surface area contributed by atoms with E-state index >= 15 is 0 Å². The fraction of sp³-hybridized carbons (Fsp3) is 0.286. The zero-order valence-electron chi connectivity index (χ0n) is 34.3. The van der Waals surface area contributed by atoms with Crippen molar-refractivity contribution in [3.8, 4) is 0 Å². The summed E-state index contributed by atoms with van der Waals surface area (Å²) in [5.41, 5.74) is 6.77. The number of hydrogen-bond acceptors (Lipinski definition) is 15. The van der Waals surface area contributed by atoms with E-state index < -0.39 is 0 Å². The van der Waals surface area contributed by atoms with Crippen LogP contribution in [0.3, 0.4) is 0 Å². The molecule has 0 fully saturated rings. The molecule has 3 N–H and O–H groups in total. The maximum absolute atomic E-state index is 4.97. The van der Waals surface area contributed by atoms with Crippen LogP contribution in [0.25, 0.3) is 96.0 Å². The minimum absolute atomic E-state index is 0.0940. The van der Waals surface area contributed by atoms with Gasteiger partial charge in [0.2, 0.25) is 29.8 Å². The van der Waals surface area contributed by atoms with Crippen molar-refractivity contribution in [2.45, 2.75) is 78.6 Å². The van der Waals surface area contributed by atoms with Gasteiger partial charge in [0.15, 0.2) is 0 Å². The second-order valence-corrected chi connectivity index (χ2v) is 20.6. The van der Waals surface area contributed by atoms with Crippen molar-refractivity contribution in [3.63, 3.8) is 0 Å². The molecule has 15 nitrogen and oxygen atoms in total. The van der Waals surface area contributed by atoms with Crippen LogP contribution in [0, 0.1) is 0 Å². The molecule has 3 aromatic carbocycles. The summed E-state index contributed by atoms with van der Waals surface area (Å²) in [6.45, 7) is 19.7. The van der Waals surface area contributed by atoms with E-state index in [-0.39, 0.29) is 16.2 Å². The quantitative estimate of drug-likeness (QED) is 0.130.